The number of carbonyl (C=O) groups excluding carboxylic acids is 3. The maximum absolute atomic E-state index is 13.1. The fourth-order valence-corrected chi connectivity index (χ4v) is 3.79. The molecule has 0 atom stereocenters. The molecule has 0 spiro atoms. The molecule has 0 aromatic heterocycles. The van der Waals surface area contributed by atoms with Gasteiger partial charge in [-0.3, -0.25) is 9.59 Å². The number of primary amides is 1. The maximum Gasteiger partial charge on any atom is 0.573 e. The molecule has 2 aliphatic rings. The standard InChI is InChI=1S/C22H28F3N3O5/c1-20(2,3)33-19(31)28-10-8-21(9-11-28,18(26)30)27-17(29)15-7-6-14(32-22(23,24)25)12-16(15)13-4-5-13/h6-7,12-13H,4-5,8-11H2,1-3H3,(H2,26,30)(H,27,29). The second-order valence-corrected chi connectivity index (χ2v) is 9.44. The first-order chi connectivity index (χ1) is 15.2. The predicted octanol–water partition coefficient (Wildman–Crippen LogP) is 3.45. The molecule has 8 nitrogen and oxygen atoms in total. The molecular formula is C22H28F3N3O5. The van der Waals surface area contributed by atoms with Crippen LogP contribution in [0.3, 0.4) is 0 Å². The van der Waals surface area contributed by atoms with E-state index in [-0.39, 0.29) is 37.4 Å². The van der Waals surface area contributed by atoms with E-state index < -0.39 is 41.2 Å². The number of nitrogens with two attached hydrogens (primary N) is 1. The van der Waals surface area contributed by atoms with Crippen LogP contribution in [0, 0.1) is 0 Å². The number of likely N-dealkylation sites (tertiary alicyclic amines) is 1. The van der Waals surface area contributed by atoms with Gasteiger partial charge in [0.2, 0.25) is 5.91 Å². The van der Waals surface area contributed by atoms with E-state index in [4.69, 9.17) is 10.5 Å². The van der Waals surface area contributed by atoms with Crippen LogP contribution in [0.5, 0.6) is 5.75 Å². The molecule has 1 saturated carbocycles. The number of hydrogen-bond acceptors (Lipinski definition) is 5. The quantitative estimate of drug-likeness (QED) is 0.684. The topological polar surface area (TPSA) is 111 Å². The van der Waals surface area contributed by atoms with Crippen molar-refractivity contribution in [1.82, 2.24) is 10.2 Å². The SMILES string of the molecule is CC(C)(C)OC(=O)N1CCC(NC(=O)c2ccc(OC(F)(F)F)cc2C2CC2)(C(N)=O)CC1. The summed E-state index contributed by atoms with van der Waals surface area (Å²) in [4.78, 5) is 39.2. The number of carbonyl (C=O) groups is 3. The lowest BCUT2D eigenvalue weighted by Gasteiger charge is -2.40. The van der Waals surface area contributed by atoms with E-state index >= 15 is 0 Å². The van der Waals surface area contributed by atoms with Gasteiger partial charge in [0.05, 0.1) is 0 Å². The van der Waals surface area contributed by atoms with Crippen LogP contribution in [0.4, 0.5) is 18.0 Å². The number of amides is 3. The minimum absolute atomic E-state index is 0.0546. The number of ether oxygens (including phenoxy) is 2. The van der Waals surface area contributed by atoms with Crippen LogP contribution < -0.4 is 15.8 Å². The van der Waals surface area contributed by atoms with Crippen molar-refractivity contribution in [2.45, 2.75) is 69.9 Å². The number of rotatable bonds is 5. The average Bonchev–Trinajstić information content (AvgIpc) is 3.50. The highest BCUT2D eigenvalue weighted by molar-refractivity contribution is 6.00. The minimum atomic E-state index is -4.84. The van der Waals surface area contributed by atoms with Gasteiger partial charge in [0.1, 0.15) is 16.9 Å². The highest BCUT2D eigenvalue weighted by Crippen LogP contribution is 2.43. The van der Waals surface area contributed by atoms with E-state index in [1.165, 1.54) is 17.0 Å². The molecule has 182 valence electrons. The number of piperidine rings is 1. The fraction of sp³-hybridized carbons (Fsp3) is 0.591. The van der Waals surface area contributed by atoms with Crippen molar-refractivity contribution in [3.05, 3.63) is 29.3 Å². The molecule has 2 fully saturated rings. The molecule has 1 saturated heterocycles. The third-order valence-corrected chi connectivity index (χ3v) is 5.61. The van der Waals surface area contributed by atoms with E-state index in [0.717, 1.165) is 18.9 Å². The lowest BCUT2D eigenvalue weighted by atomic mass is 9.86. The Morgan fingerprint density at radius 2 is 1.73 bits per heavy atom. The van der Waals surface area contributed by atoms with Gasteiger partial charge in [0.15, 0.2) is 0 Å². The van der Waals surface area contributed by atoms with E-state index in [1.807, 2.05) is 0 Å². The molecule has 0 unspecified atom stereocenters. The van der Waals surface area contributed by atoms with Gasteiger partial charge in [-0.1, -0.05) is 0 Å². The van der Waals surface area contributed by atoms with Crippen LogP contribution in [-0.2, 0) is 9.53 Å². The summed E-state index contributed by atoms with van der Waals surface area (Å²) in [5.41, 5.74) is 4.15. The molecule has 33 heavy (non-hydrogen) atoms. The van der Waals surface area contributed by atoms with Crippen molar-refractivity contribution in [3.8, 4) is 5.75 Å². The van der Waals surface area contributed by atoms with Crippen LogP contribution in [-0.4, -0.2) is 53.4 Å². The normalized spacial score (nSPS) is 18.4. The Kier molecular flexibility index (Phi) is 6.54. The molecule has 3 rings (SSSR count). The number of nitrogens with zero attached hydrogens (tertiary/aromatic N) is 1. The Morgan fingerprint density at radius 3 is 2.21 bits per heavy atom. The summed E-state index contributed by atoms with van der Waals surface area (Å²) >= 11 is 0. The summed E-state index contributed by atoms with van der Waals surface area (Å²) in [6.45, 7) is 5.51. The highest BCUT2D eigenvalue weighted by atomic mass is 19.4. The Morgan fingerprint density at radius 1 is 1.12 bits per heavy atom. The zero-order valence-corrected chi connectivity index (χ0v) is 18.8. The summed E-state index contributed by atoms with van der Waals surface area (Å²) in [5, 5.41) is 2.69. The summed E-state index contributed by atoms with van der Waals surface area (Å²) in [6, 6.07) is 3.53. The lowest BCUT2D eigenvalue weighted by molar-refractivity contribution is -0.274. The zero-order valence-electron chi connectivity index (χ0n) is 18.8. The van der Waals surface area contributed by atoms with Gasteiger partial charge in [-0.05, 0) is 76.1 Å². The number of halogens is 3. The molecule has 1 aliphatic carbocycles. The lowest BCUT2D eigenvalue weighted by Crippen LogP contribution is -2.63. The van der Waals surface area contributed by atoms with Gasteiger partial charge in [0, 0.05) is 18.7 Å². The van der Waals surface area contributed by atoms with Crippen LogP contribution in [0.2, 0.25) is 0 Å². The predicted molar refractivity (Wildman–Crippen MR) is 112 cm³/mol. The first-order valence-electron chi connectivity index (χ1n) is 10.7. The number of hydrogen-bond donors (Lipinski definition) is 2. The molecule has 3 amide bonds. The third kappa shape index (κ3) is 6.29. The van der Waals surface area contributed by atoms with E-state index in [1.54, 1.807) is 20.8 Å². The Labute approximate surface area is 189 Å². The van der Waals surface area contributed by atoms with Crippen LogP contribution >= 0.6 is 0 Å². The molecule has 0 radical (unpaired) electrons. The highest BCUT2D eigenvalue weighted by Gasteiger charge is 2.44. The van der Waals surface area contributed by atoms with Crippen LogP contribution in [0.1, 0.15) is 68.3 Å². The van der Waals surface area contributed by atoms with Crippen LogP contribution in [0.25, 0.3) is 0 Å². The minimum Gasteiger partial charge on any atom is -0.444 e. The van der Waals surface area contributed by atoms with Crippen molar-refractivity contribution in [2.24, 2.45) is 5.73 Å². The van der Waals surface area contributed by atoms with Gasteiger partial charge in [0.25, 0.3) is 5.91 Å². The summed E-state index contributed by atoms with van der Waals surface area (Å²) in [6.07, 6.45) is -3.72. The van der Waals surface area contributed by atoms with Gasteiger partial charge in [-0.15, -0.1) is 13.2 Å². The summed E-state index contributed by atoms with van der Waals surface area (Å²) < 4.78 is 47.1. The zero-order chi connectivity index (χ0) is 24.6. The van der Waals surface area contributed by atoms with Crippen molar-refractivity contribution >= 4 is 17.9 Å². The number of nitrogens with one attached hydrogen (secondary N) is 1. The monoisotopic (exact) mass is 471 g/mol. The smallest absolute Gasteiger partial charge is 0.444 e. The first kappa shape index (κ1) is 24.7. The molecule has 3 N–H and O–H groups in total. The van der Waals surface area contributed by atoms with E-state index in [0.29, 0.717) is 5.56 Å². The molecule has 1 aliphatic heterocycles. The van der Waals surface area contributed by atoms with Gasteiger partial charge in [-0.25, -0.2) is 4.79 Å². The second-order valence-electron chi connectivity index (χ2n) is 9.44. The summed E-state index contributed by atoms with van der Waals surface area (Å²) in [5.74, 6) is -1.82. The van der Waals surface area contributed by atoms with Crippen molar-refractivity contribution < 1.29 is 37.0 Å². The third-order valence-electron chi connectivity index (χ3n) is 5.61. The molecule has 1 aromatic rings. The fourth-order valence-electron chi connectivity index (χ4n) is 3.79. The Balaban J connectivity index is 1.75. The van der Waals surface area contributed by atoms with E-state index in [2.05, 4.69) is 10.1 Å². The van der Waals surface area contributed by atoms with Gasteiger partial charge >= 0.3 is 12.5 Å². The average molecular weight is 471 g/mol. The molecular weight excluding hydrogens is 443 g/mol. The molecule has 1 heterocycles. The molecule has 11 heteroatoms. The van der Waals surface area contributed by atoms with Gasteiger partial charge < -0.3 is 25.4 Å². The van der Waals surface area contributed by atoms with Crippen molar-refractivity contribution in [1.29, 1.82) is 0 Å². The number of benzene rings is 1. The largest absolute Gasteiger partial charge is 0.573 e. The molecule has 0 bridgehead atoms. The molecule has 1 aromatic carbocycles. The number of alkyl halides is 3. The Hall–Kier alpha value is -2.98. The summed E-state index contributed by atoms with van der Waals surface area (Å²) in [7, 11) is 0. The van der Waals surface area contributed by atoms with Crippen molar-refractivity contribution in [2.75, 3.05) is 13.1 Å². The van der Waals surface area contributed by atoms with Crippen molar-refractivity contribution in [3.63, 3.8) is 0 Å². The van der Waals surface area contributed by atoms with Crippen LogP contribution in [0.15, 0.2) is 18.2 Å². The Bertz CT molecular complexity index is 930. The maximum atomic E-state index is 13.1. The second kappa shape index (κ2) is 8.75. The van der Waals surface area contributed by atoms with Gasteiger partial charge in [-0.2, -0.15) is 0 Å². The first-order valence-corrected chi connectivity index (χ1v) is 10.7. The van der Waals surface area contributed by atoms with E-state index in [9.17, 15) is 27.6 Å².